The van der Waals surface area contributed by atoms with Crippen LogP contribution in [0.1, 0.15) is 31.1 Å². The van der Waals surface area contributed by atoms with Crippen molar-refractivity contribution in [2.24, 2.45) is 4.99 Å². The third-order valence-corrected chi connectivity index (χ3v) is 4.55. The van der Waals surface area contributed by atoms with E-state index in [4.69, 9.17) is 4.42 Å². The minimum absolute atomic E-state index is 0. The number of hydrogen-bond acceptors (Lipinski definition) is 3. The van der Waals surface area contributed by atoms with Crippen LogP contribution in [0.5, 0.6) is 0 Å². The fraction of sp³-hybridized carbons (Fsp3) is 0.450. The zero-order valence-electron chi connectivity index (χ0n) is 15.4. The molecule has 1 aliphatic heterocycles. The molecule has 1 unspecified atom stereocenters. The molecule has 2 aromatic rings. The van der Waals surface area contributed by atoms with Crippen LogP contribution in [0, 0.1) is 0 Å². The normalized spacial score (nSPS) is 17.7. The topological polar surface area (TPSA) is 52.8 Å². The maximum Gasteiger partial charge on any atom is 0.191 e. The molecule has 1 aliphatic rings. The van der Waals surface area contributed by atoms with E-state index < -0.39 is 0 Å². The van der Waals surface area contributed by atoms with E-state index in [9.17, 15) is 0 Å². The number of rotatable bonds is 7. The highest BCUT2D eigenvalue weighted by Gasteiger charge is 2.24. The first-order chi connectivity index (χ1) is 12.3. The molecule has 1 aromatic carbocycles. The average molecular weight is 468 g/mol. The summed E-state index contributed by atoms with van der Waals surface area (Å²) in [5, 5.41) is 6.81. The molecule has 0 radical (unpaired) electrons. The van der Waals surface area contributed by atoms with E-state index in [2.05, 4.69) is 57.8 Å². The van der Waals surface area contributed by atoms with Crippen LogP contribution in [-0.4, -0.2) is 36.5 Å². The molecule has 5 nitrogen and oxygen atoms in total. The molecule has 2 N–H and O–H groups in total. The number of furan rings is 1. The maximum absolute atomic E-state index is 5.35. The maximum atomic E-state index is 5.35. The zero-order chi connectivity index (χ0) is 17.3. The molecule has 1 atom stereocenters. The summed E-state index contributed by atoms with van der Waals surface area (Å²) in [4.78, 5) is 7.18. The monoisotopic (exact) mass is 468 g/mol. The summed E-state index contributed by atoms with van der Waals surface area (Å²) in [7, 11) is 0. The van der Waals surface area contributed by atoms with Gasteiger partial charge in [0.05, 0.1) is 6.26 Å². The zero-order valence-corrected chi connectivity index (χ0v) is 17.7. The predicted octanol–water partition coefficient (Wildman–Crippen LogP) is 3.62. The molecule has 2 heterocycles. The Morgan fingerprint density at radius 1 is 1.19 bits per heavy atom. The molecule has 0 aliphatic carbocycles. The van der Waals surface area contributed by atoms with Crippen molar-refractivity contribution in [2.75, 3.05) is 19.6 Å². The third-order valence-electron chi connectivity index (χ3n) is 4.55. The first-order valence-electron chi connectivity index (χ1n) is 9.17. The van der Waals surface area contributed by atoms with Gasteiger partial charge in [-0.1, -0.05) is 30.3 Å². The Labute approximate surface area is 173 Å². The van der Waals surface area contributed by atoms with E-state index >= 15 is 0 Å². The molecule has 26 heavy (non-hydrogen) atoms. The van der Waals surface area contributed by atoms with Crippen molar-refractivity contribution in [3.05, 3.63) is 60.1 Å². The number of hydrogen-bond donors (Lipinski definition) is 2. The van der Waals surface area contributed by atoms with Crippen LogP contribution in [-0.2, 0) is 13.1 Å². The van der Waals surface area contributed by atoms with E-state index in [1.54, 1.807) is 6.26 Å². The van der Waals surface area contributed by atoms with Gasteiger partial charge >= 0.3 is 0 Å². The second-order valence-corrected chi connectivity index (χ2v) is 6.41. The number of halogens is 1. The lowest BCUT2D eigenvalue weighted by Gasteiger charge is -2.25. The van der Waals surface area contributed by atoms with Crippen LogP contribution >= 0.6 is 24.0 Å². The second-order valence-electron chi connectivity index (χ2n) is 6.41. The largest absolute Gasteiger partial charge is 0.467 e. The van der Waals surface area contributed by atoms with Crippen LogP contribution in [0.2, 0.25) is 0 Å². The highest BCUT2D eigenvalue weighted by Crippen LogP contribution is 2.19. The lowest BCUT2D eigenvalue weighted by Crippen LogP contribution is -2.44. The van der Waals surface area contributed by atoms with E-state index in [0.717, 1.165) is 31.4 Å². The van der Waals surface area contributed by atoms with Gasteiger partial charge in [-0.05, 0) is 44.0 Å². The van der Waals surface area contributed by atoms with Gasteiger partial charge in [-0.15, -0.1) is 24.0 Å². The smallest absolute Gasteiger partial charge is 0.191 e. The SMILES string of the molecule is CCNC(=NCc1ccco1)NCC1CCCN1Cc1ccccc1.I. The first kappa shape index (κ1) is 20.8. The van der Waals surface area contributed by atoms with E-state index in [1.807, 2.05) is 12.1 Å². The number of likely N-dealkylation sites (tertiary alicyclic amines) is 1. The van der Waals surface area contributed by atoms with Crippen LogP contribution < -0.4 is 10.6 Å². The van der Waals surface area contributed by atoms with Gasteiger partial charge in [0.25, 0.3) is 0 Å². The Hall–Kier alpha value is -1.54. The summed E-state index contributed by atoms with van der Waals surface area (Å²) in [6.07, 6.45) is 4.18. The molecule has 1 saturated heterocycles. The van der Waals surface area contributed by atoms with Gasteiger partial charge in [0, 0.05) is 25.7 Å². The highest BCUT2D eigenvalue weighted by atomic mass is 127. The van der Waals surface area contributed by atoms with Crippen LogP contribution in [0.4, 0.5) is 0 Å². The number of benzene rings is 1. The minimum atomic E-state index is 0. The summed E-state index contributed by atoms with van der Waals surface area (Å²) in [5.41, 5.74) is 1.38. The Bertz CT molecular complexity index is 645. The highest BCUT2D eigenvalue weighted by molar-refractivity contribution is 14.0. The number of nitrogens with zero attached hydrogens (tertiary/aromatic N) is 2. The van der Waals surface area contributed by atoms with Crippen molar-refractivity contribution in [1.29, 1.82) is 0 Å². The van der Waals surface area contributed by atoms with E-state index in [1.165, 1.54) is 24.9 Å². The van der Waals surface area contributed by atoms with E-state index in [-0.39, 0.29) is 24.0 Å². The summed E-state index contributed by atoms with van der Waals surface area (Å²) in [6.45, 7) is 6.59. The number of aliphatic imine (C=N–C) groups is 1. The molecule has 1 aromatic heterocycles. The van der Waals surface area contributed by atoms with Gasteiger partial charge in [0.1, 0.15) is 12.3 Å². The fourth-order valence-corrected chi connectivity index (χ4v) is 3.27. The summed E-state index contributed by atoms with van der Waals surface area (Å²) in [6, 6.07) is 15.1. The van der Waals surface area contributed by atoms with Crippen LogP contribution in [0.15, 0.2) is 58.1 Å². The molecule has 6 heteroatoms. The summed E-state index contributed by atoms with van der Waals surface area (Å²) >= 11 is 0. The Morgan fingerprint density at radius 3 is 2.77 bits per heavy atom. The van der Waals surface area contributed by atoms with Crippen molar-refractivity contribution in [1.82, 2.24) is 15.5 Å². The van der Waals surface area contributed by atoms with Crippen LogP contribution in [0.3, 0.4) is 0 Å². The lowest BCUT2D eigenvalue weighted by molar-refractivity contribution is 0.245. The van der Waals surface area contributed by atoms with Crippen molar-refractivity contribution < 1.29 is 4.42 Å². The summed E-state index contributed by atoms with van der Waals surface area (Å²) in [5.74, 6) is 1.73. The van der Waals surface area contributed by atoms with Gasteiger partial charge in [-0.3, -0.25) is 4.90 Å². The molecule has 0 amide bonds. The molecule has 142 valence electrons. The standard InChI is InChI=1S/C20H28N4O.HI/c1-2-21-20(23-15-19-11-7-13-25-19)22-14-18-10-6-12-24(18)16-17-8-4-3-5-9-17;/h3-5,7-9,11,13,18H,2,6,10,12,14-16H2,1H3,(H2,21,22,23);1H. The fourth-order valence-electron chi connectivity index (χ4n) is 3.27. The molecular formula is C20H29IN4O. The Kier molecular flexibility index (Phi) is 8.97. The molecule has 0 saturated carbocycles. The minimum Gasteiger partial charge on any atom is -0.467 e. The molecule has 3 rings (SSSR count). The molecular weight excluding hydrogens is 439 g/mol. The van der Waals surface area contributed by atoms with Gasteiger partial charge in [0.15, 0.2) is 5.96 Å². The van der Waals surface area contributed by atoms with Crippen molar-refractivity contribution >= 4 is 29.9 Å². The lowest BCUT2D eigenvalue weighted by atomic mass is 10.2. The van der Waals surface area contributed by atoms with Gasteiger partial charge < -0.3 is 15.1 Å². The quantitative estimate of drug-likeness (QED) is 0.371. The second kappa shape index (κ2) is 11.2. The van der Waals surface area contributed by atoms with Crippen molar-refractivity contribution in [2.45, 2.75) is 38.9 Å². The Morgan fingerprint density at radius 2 is 2.04 bits per heavy atom. The third kappa shape index (κ3) is 6.32. The molecule has 0 spiro atoms. The predicted molar refractivity (Wildman–Crippen MR) is 117 cm³/mol. The number of guanidine groups is 1. The van der Waals surface area contributed by atoms with Crippen LogP contribution in [0.25, 0.3) is 0 Å². The Balaban J connectivity index is 0.00000243. The first-order valence-corrected chi connectivity index (χ1v) is 9.17. The van der Waals surface area contributed by atoms with Crippen molar-refractivity contribution in [3.63, 3.8) is 0 Å². The molecule has 0 bridgehead atoms. The van der Waals surface area contributed by atoms with Gasteiger partial charge in [-0.2, -0.15) is 0 Å². The van der Waals surface area contributed by atoms with E-state index in [0.29, 0.717) is 12.6 Å². The van der Waals surface area contributed by atoms with Gasteiger partial charge in [0.2, 0.25) is 0 Å². The molecule has 1 fully saturated rings. The van der Waals surface area contributed by atoms with Crippen molar-refractivity contribution in [3.8, 4) is 0 Å². The number of nitrogens with one attached hydrogen (secondary N) is 2. The van der Waals surface area contributed by atoms with Gasteiger partial charge in [-0.25, -0.2) is 4.99 Å². The summed E-state index contributed by atoms with van der Waals surface area (Å²) < 4.78 is 5.35. The average Bonchev–Trinajstić information content (AvgIpc) is 3.30.